The number of hydrogen-bond acceptors (Lipinski definition) is 8. The molecule has 10 heteroatoms. The number of nitrogens with zero attached hydrogens (tertiary/aromatic N) is 2. The first-order valence-corrected chi connectivity index (χ1v) is 14.3. The normalized spacial score (nSPS) is 18.1. The predicted octanol–water partition coefficient (Wildman–Crippen LogP) is 4.66. The van der Waals surface area contributed by atoms with Crippen molar-refractivity contribution in [2.75, 3.05) is 37.9 Å². The van der Waals surface area contributed by atoms with Crippen LogP contribution in [-0.2, 0) is 10.0 Å². The van der Waals surface area contributed by atoms with E-state index in [1.54, 1.807) is 12.1 Å². The summed E-state index contributed by atoms with van der Waals surface area (Å²) < 4.78 is 39.1. The van der Waals surface area contributed by atoms with Gasteiger partial charge >= 0.3 is 0 Å². The van der Waals surface area contributed by atoms with Gasteiger partial charge in [-0.1, -0.05) is 12.1 Å². The van der Waals surface area contributed by atoms with E-state index in [0.29, 0.717) is 35.8 Å². The summed E-state index contributed by atoms with van der Waals surface area (Å²) in [5.41, 5.74) is 0.909. The minimum atomic E-state index is -3.72. The first-order chi connectivity index (χ1) is 17.8. The summed E-state index contributed by atoms with van der Waals surface area (Å²) >= 11 is 0. The van der Waals surface area contributed by atoms with Gasteiger partial charge in [-0.2, -0.15) is 4.98 Å². The second-order valence-corrected chi connectivity index (χ2v) is 11.6. The van der Waals surface area contributed by atoms with E-state index < -0.39 is 10.0 Å². The van der Waals surface area contributed by atoms with Crippen LogP contribution < -0.4 is 24.8 Å². The molecule has 9 nitrogen and oxygen atoms in total. The van der Waals surface area contributed by atoms with Crippen LogP contribution >= 0.6 is 0 Å². The van der Waals surface area contributed by atoms with Gasteiger partial charge in [0.25, 0.3) is 0 Å². The smallest absolute Gasteiger partial charge is 0.244 e. The number of fused-ring (bicyclic) bond motifs is 1. The standard InChI is InChI=1S/C27H37N5O4S/c1-18(2)30-26-22-7-5-6-8-23(22)31-27(32-26)28-16-19-9-11-20(12-10-19)17-29-37(33,34)25-15-21(35-3)13-14-24(25)36-4/h5-8,13-15,18-20,29H,9-12,16-17H2,1-4H3,(H2,28,30,31,32)/t19-,20-. The number of nitrogens with one attached hydrogen (secondary N) is 3. The van der Waals surface area contributed by atoms with Gasteiger partial charge in [0.05, 0.1) is 19.7 Å². The average Bonchev–Trinajstić information content (AvgIpc) is 2.90. The molecule has 1 aromatic heterocycles. The number of benzene rings is 2. The molecule has 0 saturated heterocycles. The average molecular weight is 528 g/mol. The SMILES string of the molecule is COc1ccc(OC)c(S(=O)(=O)NC[C@H]2CC[C@H](CNc3nc(NC(C)C)c4ccccc4n3)CC2)c1. The molecular formula is C27H37N5O4S. The van der Waals surface area contributed by atoms with Crippen LogP contribution in [0, 0.1) is 11.8 Å². The maximum atomic E-state index is 13.0. The molecule has 3 N–H and O–H groups in total. The van der Waals surface area contributed by atoms with Crippen molar-refractivity contribution < 1.29 is 17.9 Å². The van der Waals surface area contributed by atoms with Gasteiger partial charge in [0, 0.05) is 30.6 Å². The van der Waals surface area contributed by atoms with Gasteiger partial charge < -0.3 is 20.1 Å². The largest absolute Gasteiger partial charge is 0.497 e. The fraction of sp³-hybridized carbons (Fsp3) is 0.481. The number of sulfonamides is 1. The van der Waals surface area contributed by atoms with E-state index in [1.165, 1.54) is 20.3 Å². The Labute approximate surface area is 219 Å². The van der Waals surface area contributed by atoms with Crippen LogP contribution in [0.1, 0.15) is 39.5 Å². The topological polar surface area (TPSA) is 114 Å². The lowest BCUT2D eigenvalue weighted by molar-refractivity contribution is 0.284. The minimum absolute atomic E-state index is 0.0916. The molecule has 1 fully saturated rings. The Morgan fingerprint density at radius 3 is 2.32 bits per heavy atom. The van der Waals surface area contributed by atoms with Crippen molar-refractivity contribution in [1.29, 1.82) is 0 Å². The number of ether oxygens (including phenoxy) is 2. The Morgan fingerprint density at radius 1 is 0.946 bits per heavy atom. The van der Waals surface area contributed by atoms with Gasteiger partial charge in [-0.05, 0) is 75.6 Å². The Kier molecular flexibility index (Phi) is 8.71. The summed E-state index contributed by atoms with van der Waals surface area (Å²) in [5, 5.41) is 7.87. The van der Waals surface area contributed by atoms with Crippen LogP contribution in [0.2, 0.25) is 0 Å². The molecule has 1 aliphatic rings. The summed E-state index contributed by atoms with van der Waals surface area (Å²) in [7, 11) is -0.750. The van der Waals surface area contributed by atoms with Gasteiger partial charge in [0.15, 0.2) is 0 Å². The molecule has 0 atom stereocenters. The van der Waals surface area contributed by atoms with Gasteiger partial charge in [-0.15, -0.1) is 0 Å². The second kappa shape index (κ2) is 12.0. The quantitative estimate of drug-likeness (QED) is 0.330. The Morgan fingerprint density at radius 2 is 1.65 bits per heavy atom. The van der Waals surface area contributed by atoms with E-state index >= 15 is 0 Å². The summed E-state index contributed by atoms with van der Waals surface area (Å²) in [6, 6.07) is 13.0. The predicted molar refractivity (Wildman–Crippen MR) is 147 cm³/mol. The number of aromatic nitrogens is 2. The van der Waals surface area contributed by atoms with Crippen molar-refractivity contribution >= 4 is 32.7 Å². The molecule has 1 saturated carbocycles. The van der Waals surface area contributed by atoms with Crippen LogP contribution in [0.3, 0.4) is 0 Å². The highest BCUT2D eigenvalue weighted by molar-refractivity contribution is 7.89. The third kappa shape index (κ3) is 6.81. The molecule has 0 radical (unpaired) electrons. The van der Waals surface area contributed by atoms with E-state index in [-0.39, 0.29) is 10.9 Å². The van der Waals surface area contributed by atoms with E-state index in [1.807, 2.05) is 24.3 Å². The van der Waals surface area contributed by atoms with Crippen molar-refractivity contribution in [2.45, 2.75) is 50.5 Å². The summed E-state index contributed by atoms with van der Waals surface area (Å²) in [6.45, 7) is 5.38. The van der Waals surface area contributed by atoms with Crippen LogP contribution in [-0.4, -0.2) is 51.7 Å². The Balaban J connectivity index is 1.30. The Hall–Kier alpha value is -3.11. The molecule has 1 heterocycles. The highest BCUT2D eigenvalue weighted by Crippen LogP contribution is 2.31. The van der Waals surface area contributed by atoms with Crippen molar-refractivity contribution in [3.05, 3.63) is 42.5 Å². The van der Waals surface area contributed by atoms with Gasteiger partial charge in [-0.25, -0.2) is 18.1 Å². The zero-order valence-electron chi connectivity index (χ0n) is 22.0. The zero-order chi connectivity index (χ0) is 26.4. The number of anilines is 2. The van der Waals surface area contributed by atoms with E-state index in [9.17, 15) is 8.42 Å². The van der Waals surface area contributed by atoms with E-state index in [2.05, 4.69) is 29.2 Å². The second-order valence-electron chi connectivity index (χ2n) is 9.85. The summed E-state index contributed by atoms with van der Waals surface area (Å²) in [6.07, 6.45) is 3.96. The fourth-order valence-electron chi connectivity index (χ4n) is 4.71. The van der Waals surface area contributed by atoms with Crippen LogP contribution in [0.4, 0.5) is 11.8 Å². The molecule has 0 unspecified atom stereocenters. The van der Waals surface area contributed by atoms with Crippen LogP contribution in [0.15, 0.2) is 47.4 Å². The lowest BCUT2D eigenvalue weighted by Gasteiger charge is -2.29. The van der Waals surface area contributed by atoms with Crippen molar-refractivity contribution in [2.24, 2.45) is 11.8 Å². The third-order valence-corrected chi connectivity index (χ3v) is 8.21. The number of para-hydroxylation sites is 1. The number of rotatable bonds is 11. The zero-order valence-corrected chi connectivity index (χ0v) is 22.8. The first kappa shape index (κ1) is 26.9. The van der Waals surface area contributed by atoms with Crippen molar-refractivity contribution in [3.8, 4) is 11.5 Å². The molecule has 3 aromatic rings. The van der Waals surface area contributed by atoms with Crippen molar-refractivity contribution in [1.82, 2.24) is 14.7 Å². The lowest BCUT2D eigenvalue weighted by Crippen LogP contribution is -2.32. The molecule has 2 aromatic carbocycles. The van der Waals surface area contributed by atoms with E-state index in [0.717, 1.165) is 48.9 Å². The molecular weight excluding hydrogens is 490 g/mol. The minimum Gasteiger partial charge on any atom is -0.497 e. The number of methoxy groups -OCH3 is 2. The molecule has 0 spiro atoms. The van der Waals surface area contributed by atoms with Crippen LogP contribution in [0.25, 0.3) is 10.9 Å². The maximum absolute atomic E-state index is 13.0. The molecule has 200 valence electrons. The van der Waals surface area contributed by atoms with Crippen LogP contribution in [0.5, 0.6) is 11.5 Å². The lowest BCUT2D eigenvalue weighted by atomic mass is 9.82. The molecule has 0 aliphatic heterocycles. The van der Waals surface area contributed by atoms with Gasteiger partial charge in [-0.3, -0.25) is 0 Å². The van der Waals surface area contributed by atoms with Gasteiger partial charge in [0.2, 0.25) is 16.0 Å². The molecule has 37 heavy (non-hydrogen) atoms. The maximum Gasteiger partial charge on any atom is 0.244 e. The molecule has 0 bridgehead atoms. The molecule has 4 rings (SSSR count). The molecule has 0 amide bonds. The highest BCUT2D eigenvalue weighted by atomic mass is 32.2. The number of hydrogen-bond donors (Lipinski definition) is 3. The fourth-order valence-corrected chi connectivity index (χ4v) is 6.01. The molecule has 1 aliphatic carbocycles. The Bertz CT molecular complexity index is 1310. The monoisotopic (exact) mass is 527 g/mol. The third-order valence-electron chi connectivity index (χ3n) is 6.77. The van der Waals surface area contributed by atoms with Crippen molar-refractivity contribution in [3.63, 3.8) is 0 Å². The summed E-state index contributed by atoms with van der Waals surface area (Å²) in [4.78, 5) is 9.51. The summed E-state index contributed by atoms with van der Waals surface area (Å²) in [5.74, 6) is 3.02. The first-order valence-electron chi connectivity index (χ1n) is 12.8. The highest BCUT2D eigenvalue weighted by Gasteiger charge is 2.25. The van der Waals surface area contributed by atoms with E-state index in [4.69, 9.17) is 19.4 Å². The van der Waals surface area contributed by atoms with Gasteiger partial charge in [0.1, 0.15) is 22.2 Å².